The second-order valence-electron chi connectivity index (χ2n) is 9.13. The molecule has 0 aromatic carbocycles. The first-order chi connectivity index (χ1) is 18.3. The topological polar surface area (TPSA) is 126 Å². The minimum Gasteiger partial charge on any atom is -0.463 e. The molecule has 1 heterocycles. The molecule has 0 aromatic heterocycles. The Morgan fingerprint density at radius 3 is 2.11 bits per heavy atom. The van der Waals surface area contributed by atoms with E-state index >= 15 is 0 Å². The van der Waals surface area contributed by atoms with Gasteiger partial charge in [0.2, 0.25) is 5.91 Å². The Balaban J connectivity index is 2.60. The van der Waals surface area contributed by atoms with E-state index in [1.54, 1.807) is 6.92 Å². The van der Waals surface area contributed by atoms with Crippen LogP contribution in [0.3, 0.4) is 0 Å². The molecule has 1 N–H and O–H groups in total. The number of esters is 3. The van der Waals surface area contributed by atoms with Gasteiger partial charge < -0.3 is 29.0 Å². The van der Waals surface area contributed by atoms with E-state index in [4.69, 9.17) is 23.7 Å². The Morgan fingerprint density at radius 2 is 1.53 bits per heavy atom. The van der Waals surface area contributed by atoms with Crippen LogP contribution in [0, 0.1) is 0 Å². The van der Waals surface area contributed by atoms with Crippen LogP contribution in [-0.2, 0) is 42.9 Å². The second-order valence-corrected chi connectivity index (χ2v) is 9.13. The fraction of sp³-hybridized carbons (Fsp3) is 0.714. The van der Waals surface area contributed by atoms with Gasteiger partial charge in [0.25, 0.3) is 0 Å². The van der Waals surface area contributed by atoms with E-state index in [9.17, 15) is 19.2 Å². The van der Waals surface area contributed by atoms with Crippen molar-refractivity contribution < 1.29 is 42.9 Å². The first kappa shape index (κ1) is 33.3. The van der Waals surface area contributed by atoms with Crippen molar-refractivity contribution in [1.29, 1.82) is 0 Å². The Bertz CT molecular complexity index is 806. The van der Waals surface area contributed by atoms with Gasteiger partial charge in [-0.25, -0.2) is 4.79 Å². The average molecular weight is 540 g/mol. The number of rotatable bonds is 19. The van der Waals surface area contributed by atoms with Crippen molar-refractivity contribution in [2.75, 3.05) is 26.4 Å². The SMILES string of the molecule is CCCCCCCCCCCCNC(=O)CO[C@@H]1O[C@H](COC(C)=O)C=C(OC(C)=O)/C1=C\C(=O)OCC. The van der Waals surface area contributed by atoms with Gasteiger partial charge in [-0.15, -0.1) is 0 Å². The third-order valence-electron chi connectivity index (χ3n) is 5.66. The Hall–Kier alpha value is -2.72. The third kappa shape index (κ3) is 15.5. The Kier molecular flexibility index (Phi) is 17.8. The fourth-order valence-electron chi connectivity index (χ4n) is 3.81. The zero-order valence-electron chi connectivity index (χ0n) is 23.4. The molecule has 0 aliphatic carbocycles. The predicted molar refractivity (Wildman–Crippen MR) is 141 cm³/mol. The smallest absolute Gasteiger partial charge is 0.331 e. The molecule has 0 spiro atoms. The highest BCUT2D eigenvalue weighted by molar-refractivity contribution is 5.84. The fourth-order valence-corrected chi connectivity index (χ4v) is 3.81. The van der Waals surface area contributed by atoms with E-state index in [2.05, 4.69) is 12.2 Å². The number of ether oxygens (including phenoxy) is 5. The van der Waals surface area contributed by atoms with Crippen LogP contribution in [0.25, 0.3) is 0 Å². The normalized spacial score (nSPS) is 18.0. The first-order valence-electron chi connectivity index (χ1n) is 13.7. The Labute approximate surface area is 226 Å². The van der Waals surface area contributed by atoms with Crippen LogP contribution in [0.2, 0.25) is 0 Å². The van der Waals surface area contributed by atoms with Crippen molar-refractivity contribution in [3.63, 3.8) is 0 Å². The molecule has 38 heavy (non-hydrogen) atoms. The lowest BCUT2D eigenvalue weighted by Gasteiger charge is -2.30. The molecule has 0 fully saturated rings. The van der Waals surface area contributed by atoms with E-state index < -0.39 is 30.3 Å². The van der Waals surface area contributed by atoms with E-state index in [0.717, 1.165) is 25.3 Å². The third-order valence-corrected chi connectivity index (χ3v) is 5.66. The van der Waals surface area contributed by atoms with E-state index in [1.165, 1.54) is 64.9 Å². The van der Waals surface area contributed by atoms with Gasteiger partial charge in [0, 0.05) is 26.5 Å². The van der Waals surface area contributed by atoms with Crippen LogP contribution in [0.5, 0.6) is 0 Å². The van der Waals surface area contributed by atoms with Crippen molar-refractivity contribution in [2.24, 2.45) is 0 Å². The maximum Gasteiger partial charge on any atom is 0.331 e. The summed E-state index contributed by atoms with van der Waals surface area (Å²) in [5, 5.41) is 2.82. The van der Waals surface area contributed by atoms with Crippen molar-refractivity contribution in [3.05, 3.63) is 23.5 Å². The number of unbranched alkanes of at least 4 members (excludes halogenated alkanes) is 9. The van der Waals surface area contributed by atoms with Crippen molar-refractivity contribution in [2.45, 2.75) is 104 Å². The number of hydrogen-bond donors (Lipinski definition) is 1. The van der Waals surface area contributed by atoms with Gasteiger partial charge in [-0.2, -0.15) is 0 Å². The summed E-state index contributed by atoms with van der Waals surface area (Å²) in [6.07, 6.45) is 12.5. The summed E-state index contributed by atoms with van der Waals surface area (Å²) in [5.41, 5.74) is 0.0835. The molecule has 1 amide bonds. The van der Waals surface area contributed by atoms with Crippen molar-refractivity contribution in [3.8, 4) is 0 Å². The minimum atomic E-state index is -1.23. The molecule has 10 heteroatoms. The van der Waals surface area contributed by atoms with Gasteiger partial charge in [-0.3, -0.25) is 14.4 Å². The van der Waals surface area contributed by atoms with E-state index in [1.807, 2.05) is 0 Å². The minimum absolute atomic E-state index is 0.00438. The van der Waals surface area contributed by atoms with Gasteiger partial charge in [0.1, 0.15) is 25.1 Å². The molecule has 0 aromatic rings. The average Bonchev–Trinajstić information content (AvgIpc) is 2.86. The molecule has 1 aliphatic heterocycles. The maximum absolute atomic E-state index is 12.4. The summed E-state index contributed by atoms with van der Waals surface area (Å²) in [7, 11) is 0. The number of nitrogens with one attached hydrogen (secondary N) is 1. The molecule has 1 rings (SSSR count). The van der Waals surface area contributed by atoms with Crippen LogP contribution < -0.4 is 5.32 Å². The zero-order chi connectivity index (χ0) is 28.2. The number of hydrogen-bond acceptors (Lipinski definition) is 9. The second kappa shape index (κ2) is 20.3. The summed E-state index contributed by atoms with van der Waals surface area (Å²) in [6.45, 7) is 6.47. The summed E-state index contributed by atoms with van der Waals surface area (Å²) >= 11 is 0. The molecule has 1 aliphatic rings. The summed E-state index contributed by atoms with van der Waals surface area (Å²) in [6, 6.07) is 0. The molecule has 0 bridgehead atoms. The number of carbonyl (C=O) groups is 4. The van der Waals surface area contributed by atoms with E-state index in [-0.39, 0.29) is 37.1 Å². The van der Waals surface area contributed by atoms with Crippen LogP contribution >= 0.6 is 0 Å². The van der Waals surface area contributed by atoms with Gasteiger partial charge in [-0.05, 0) is 19.4 Å². The lowest BCUT2D eigenvalue weighted by molar-refractivity contribution is -0.172. The lowest BCUT2D eigenvalue weighted by Crippen LogP contribution is -2.38. The van der Waals surface area contributed by atoms with Gasteiger partial charge in [0.05, 0.1) is 12.2 Å². The van der Waals surface area contributed by atoms with Crippen molar-refractivity contribution in [1.82, 2.24) is 5.32 Å². The van der Waals surface area contributed by atoms with Gasteiger partial charge in [0.15, 0.2) is 6.29 Å². The monoisotopic (exact) mass is 539 g/mol. The molecular weight excluding hydrogens is 494 g/mol. The molecule has 216 valence electrons. The highest BCUT2D eigenvalue weighted by Gasteiger charge is 2.32. The van der Waals surface area contributed by atoms with Crippen LogP contribution in [0.4, 0.5) is 0 Å². The molecule has 0 radical (unpaired) electrons. The molecular formula is C28H45NO9. The molecule has 0 saturated heterocycles. The molecule has 2 atom stereocenters. The summed E-state index contributed by atoms with van der Waals surface area (Å²) in [5.74, 6) is -2.19. The number of amides is 1. The zero-order valence-corrected chi connectivity index (χ0v) is 23.4. The molecule has 0 saturated carbocycles. The first-order valence-corrected chi connectivity index (χ1v) is 13.7. The van der Waals surface area contributed by atoms with Crippen molar-refractivity contribution >= 4 is 23.8 Å². The summed E-state index contributed by atoms with van der Waals surface area (Å²) < 4.78 is 26.6. The molecule has 10 nitrogen and oxygen atoms in total. The highest BCUT2D eigenvalue weighted by Crippen LogP contribution is 2.28. The quantitative estimate of drug-likeness (QED) is 0.111. The predicted octanol–water partition coefficient (Wildman–Crippen LogP) is 4.26. The standard InChI is InChI=1S/C28H45NO9/c1-5-7-8-9-10-11-12-13-14-15-16-29-26(32)20-36-28-24(18-27(33)34-6-2)25(37-22(4)31)17-23(38-28)19-35-21(3)30/h17-18,23,28H,5-16,19-20H2,1-4H3,(H,29,32)/b24-18+/t23-,28+/m0/s1. The van der Waals surface area contributed by atoms with E-state index in [0.29, 0.717) is 6.54 Å². The van der Waals surface area contributed by atoms with Crippen LogP contribution in [0.1, 0.15) is 91.9 Å². The maximum atomic E-state index is 12.4. The highest BCUT2D eigenvalue weighted by atomic mass is 16.7. The van der Waals surface area contributed by atoms with Gasteiger partial charge in [-0.1, -0.05) is 64.7 Å². The largest absolute Gasteiger partial charge is 0.463 e. The van der Waals surface area contributed by atoms with Gasteiger partial charge >= 0.3 is 17.9 Å². The summed E-state index contributed by atoms with van der Waals surface area (Å²) in [4.78, 5) is 47.4. The lowest BCUT2D eigenvalue weighted by atomic mass is 10.1. The van der Waals surface area contributed by atoms with Crippen LogP contribution in [-0.4, -0.2) is 62.6 Å². The Morgan fingerprint density at radius 1 is 0.895 bits per heavy atom. The van der Waals surface area contributed by atoms with Crippen LogP contribution in [0.15, 0.2) is 23.5 Å². The molecule has 0 unspecified atom stereocenters. The number of carbonyl (C=O) groups excluding carboxylic acids is 4.